The van der Waals surface area contributed by atoms with Crippen LogP contribution in [0.25, 0.3) is 0 Å². The number of hydrogen-bond donors (Lipinski definition) is 1. The number of piperidine rings is 1. The second-order valence-corrected chi connectivity index (χ2v) is 3.25. The van der Waals surface area contributed by atoms with Crippen LogP contribution in [0.1, 0.15) is 33.1 Å². The summed E-state index contributed by atoms with van der Waals surface area (Å²) in [5, 5.41) is 3.43. The second kappa shape index (κ2) is 4.55. The number of allylic oxidation sites excluding steroid dienone is 1. The fourth-order valence-electron chi connectivity index (χ4n) is 1.78. The SMILES string of the molecule is CC/C=C1/CCNCC1CC. The maximum absolute atomic E-state index is 3.43. The van der Waals surface area contributed by atoms with E-state index in [4.69, 9.17) is 0 Å². The lowest BCUT2D eigenvalue weighted by Gasteiger charge is -2.25. The third-order valence-electron chi connectivity index (χ3n) is 2.46. The minimum atomic E-state index is 0.823. The highest BCUT2D eigenvalue weighted by Crippen LogP contribution is 2.21. The summed E-state index contributed by atoms with van der Waals surface area (Å²) in [7, 11) is 0. The molecule has 1 fully saturated rings. The van der Waals surface area contributed by atoms with Gasteiger partial charge in [-0.05, 0) is 31.7 Å². The van der Waals surface area contributed by atoms with E-state index in [1.54, 1.807) is 5.57 Å². The van der Waals surface area contributed by atoms with E-state index in [0.29, 0.717) is 0 Å². The number of nitrogens with one attached hydrogen (secondary N) is 1. The molecule has 1 rings (SSSR count). The zero-order chi connectivity index (χ0) is 8.10. The molecule has 0 aromatic heterocycles. The molecule has 0 aromatic rings. The van der Waals surface area contributed by atoms with Crippen LogP contribution in [0, 0.1) is 5.92 Å². The molecule has 1 nitrogen and oxygen atoms in total. The summed E-state index contributed by atoms with van der Waals surface area (Å²) in [6.45, 7) is 6.88. The summed E-state index contributed by atoms with van der Waals surface area (Å²) in [5.74, 6) is 0.823. The smallest absolute Gasteiger partial charge is 0.00169 e. The van der Waals surface area contributed by atoms with Crippen molar-refractivity contribution < 1.29 is 0 Å². The molecule has 1 aliphatic heterocycles. The Bertz CT molecular complexity index is 138. The monoisotopic (exact) mass is 153 g/mol. The van der Waals surface area contributed by atoms with Crippen LogP contribution in [0.5, 0.6) is 0 Å². The fourth-order valence-corrected chi connectivity index (χ4v) is 1.78. The van der Waals surface area contributed by atoms with Gasteiger partial charge in [0.15, 0.2) is 0 Å². The summed E-state index contributed by atoms with van der Waals surface area (Å²) >= 11 is 0. The van der Waals surface area contributed by atoms with E-state index in [1.165, 1.54) is 32.4 Å². The van der Waals surface area contributed by atoms with Crippen LogP contribution in [-0.4, -0.2) is 13.1 Å². The van der Waals surface area contributed by atoms with Crippen molar-refractivity contribution in [3.05, 3.63) is 11.6 Å². The van der Waals surface area contributed by atoms with Crippen LogP contribution in [0.3, 0.4) is 0 Å². The van der Waals surface area contributed by atoms with Crippen molar-refractivity contribution in [2.24, 2.45) is 5.92 Å². The van der Waals surface area contributed by atoms with Crippen molar-refractivity contribution in [3.8, 4) is 0 Å². The predicted octanol–water partition coefficient (Wildman–Crippen LogP) is 2.34. The lowest BCUT2D eigenvalue weighted by Crippen LogP contribution is -2.31. The van der Waals surface area contributed by atoms with E-state index in [-0.39, 0.29) is 0 Å². The van der Waals surface area contributed by atoms with Crippen molar-refractivity contribution in [2.45, 2.75) is 33.1 Å². The topological polar surface area (TPSA) is 12.0 Å². The lowest BCUT2D eigenvalue weighted by molar-refractivity contribution is 0.459. The van der Waals surface area contributed by atoms with Crippen LogP contribution in [0.15, 0.2) is 11.6 Å². The van der Waals surface area contributed by atoms with Gasteiger partial charge in [-0.15, -0.1) is 0 Å². The first-order valence-corrected chi connectivity index (χ1v) is 4.78. The van der Waals surface area contributed by atoms with E-state index >= 15 is 0 Å². The average molecular weight is 153 g/mol. The first-order valence-electron chi connectivity index (χ1n) is 4.78. The standard InChI is InChI=1S/C10H19N/c1-3-5-10-6-7-11-8-9(10)4-2/h5,9,11H,3-4,6-8H2,1-2H3/b10-5-. The van der Waals surface area contributed by atoms with Gasteiger partial charge in [-0.3, -0.25) is 0 Å². The third-order valence-corrected chi connectivity index (χ3v) is 2.46. The van der Waals surface area contributed by atoms with Crippen molar-refractivity contribution in [1.29, 1.82) is 0 Å². The molecule has 1 atom stereocenters. The molecule has 64 valence electrons. The van der Waals surface area contributed by atoms with E-state index < -0.39 is 0 Å². The van der Waals surface area contributed by atoms with Crippen molar-refractivity contribution >= 4 is 0 Å². The summed E-state index contributed by atoms with van der Waals surface area (Å²) in [5.41, 5.74) is 1.69. The Kier molecular flexibility index (Phi) is 3.64. The maximum Gasteiger partial charge on any atom is 0.00169 e. The van der Waals surface area contributed by atoms with E-state index in [1.807, 2.05) is 0 Å². The van der Waals surface area contributed by atoms with Crippen LogP contribution in [-0.2, 0) is 0 Å². The highest BCUT2D eigenvalue weighted by Gasteiger charge is 2.15. The van der Waals surface area contributed by atoms with Gasteiger partial charge >= 0.3 is 0 Å². The molecule has 1 heteroatoms. The number of hydrogen-bond acceptors (Lipinski definition) is 1. The van der Waals surface area contributed by atoms with E-state index in [2.05, 4.69) is 25.2 Å². The van der Waals surface area contributed by atoms with Crippen LogP contribution in [0.2, 0.25) is 0 Å². The predicted molar refractivity (Wildman–Crippen MR) is 49.6 cm³/mol. The summed E-state index contributed by atoms with van der Waals surface area (Å²) in [6, 6.07) is 0. The first kappa shape index (κ1) is 8.79. The molecule has 0 aliphatic carbocycles. The van der Waals surface area contributed by atoms with Gasteiger partial charge in [-0.1, -0.05) is 25.5 Å². The molecule has 1 N–H and O–H groups in total. The number of rotatable bonds is 2. The highest BCUT2D eigenvalue weighted by molar-refractivity contribution is 5.09. The van der Waals surface area contributed by atoms with Gasteiger partial charge in [-0.2, -0.15) is 0 Å². The molecular formula is C10H19N. The van der Waals surface area contributed by atoms with Crippen LogP contribution in [0.4, 0.5) is 0 Å². The molecule has 1 unspecified atom stereocenters. The Labute approximate surface area is 69.9 Å². The van der Waals surface area contributed by atoms with Gasteiger partial charge < -0.3 is 5.32 Å². The van der Waals surface area contributed by atoms with Crippen molar-refractivity contribution in [2.75, 3.05) is 13.1 Å². The molecule has 1 heterocycles. The van der Waals surface area contributed by atoms with E-state index in [9.17, 15) is 0 Å². The summed E-state index contributed by atoms with van der Waals surface area (Å²) in [4.78, 5) is 0. The molecule has 0 bridgehead atoms. The largest absolute Gasteiger partial charge is 0.316 e. The molecule has 1 saturated heterocycles. The van der Waals surface area contributed by atoms with Gasteiger partial charge in [0.05, 0.1) is 0 Å². The molecular weight excluding hydrogens is 134 g/mol. The molecule has 0 aromatic carbocycles. The van der Waals surface area contributed by atoms with Crippen molar-refractivity contribution in [3.63, 3.8) is 0 Å². The zero-order valence-electron chi connectivity index (χ0n) is 7.69. The Morgan fingerprint density at radius 3 is 3.00 bits per heavy atom. The Morgan fingerprint density at radius 1 is 1.55 bits per heavy atom. The van der Waals surface area contributed by atoms with Crippen LogP contribution >= 0.6 is 0 Å². The van der Waals surface area contributed by atoms with Gasteiger partial charge in [-0.25, -0.2) is 0 Å². The van der Waals surface area contributed by atoms with Gasteiger partial charge in [0.25, 0.3) is 0 Å². The quantitative estimate of drug-likeness (QED) is 0.600. The summed E-state index contributed by atoms with van der Waals surface area (Å²) < 4.78 is 0. The normalized spacial score (nSPS) is 29.3. The van der Waals surface area contributed by atoms with E-state index in [0.717, 1.165) is 5.92 Å². The minimum Gasteiger partial charge on any atom is -0.316 e. The van der Waals surface area contributed by atoms with Crippen molar-refractivity contribution in [1.82, 2.24) is 5.32 Å². The molecule has 1 aliphatic rings. The lowest BCUT2D eigenvalue weighted by atomic mass is 9.90. The first-order chi connectivity index (χ1) is 5.38. The Hall–Kier alpha value is -0.300. The molecule has 0 amide bonds. The highest BCUT2D eigenvalue weighted by atomic mass is 14.9. The molecule has 0 spiro atoms. The average Bonchev–Trinajstić information content (AvgIpc) is 2.06. The Balaban J connectivity index is 2.51. The van der Waals surface area contributed by atoms with Gasteiger partial charge in [0.1, 0.15) is 0 Å². The zero-order valence-corrected chi connectivity index (χ0v) is 7.69. The third kappa shape index (κ3) is 2.33. The molecule has 11 heavy (non-hydrogen) atoms. The van der Waals surface area contributed by atoms with Crippen LogP contribution < -0.4 is 5.32 Å². The molecule has 0 radical (unpaired) electrons. The Morgan fingerprint density at radius 2 is 2.36 bits per heavy atom. The molecule has 0 saturated carbocycles. The summed E-state index contributed by atoms with van der Waals surface area (Å²) in [6.07, 6.45) is 6.17. The van der Waals surface area contributed by atoms with Gasteiger partial charge in [0.2, 0.25) is 0 Å². The minimum absolute atomic E-state index is 0.823. The second-order valence-electron chi connectivity index (χ2n) is 3.25. The maximum atomic E-state index is 3.43. The fraction of sp³-hybridized carbons (Fsp3) is 0.800. The van der Waals surface area contributed by atoms with Gasteiger partial charge in [0, 0.05) is 6.54 Å².